The molecule has 2 aromatic rings. The Morgan fingerprint density at radius 1 is 1.12 bits per heavy atom. The first kappa shape index (κ1) is 18.8. The van der Waals surface area contributed by atoms with Gasteiger partial charge in [-0.05, 0) is 32.0 Å². The predicted molar refractivity (Wildman–Crippen MR) is 93.2 cm³/mol. The molecule has 0 saturated heterocycles. The molecule has 0 unspecified atom stereocenters. The maximum atomic E-state index is 12.0. The van der Waals surface area contributed by atoms with E-state index in [1.54, 1.807) is 25.1 Å². The molecule has 0 spiro atoms. The van der Waals surface area contributed by atoms with E-state index in [2.05, 4.69) is 5.32 Å². The van der Waals surface area contributed by atoms with Crippen molar-refractivity contribution in [2.75, 3.05) is 11.9 Å². The van der Waals surface area contributed by atoms with Crippen LogP contribution >= 0.6 is 0 Å². The van der Waals surface area contributed by atoms with Crippen LogP contribution in [0.25, 0.3) is 0 Å². The number of aryl methyl sites for hydroxylation is 1. The Kier molecular flexibility index (Phi) is 5.79. The third-order valence-electron chi connectivity index (χ3n) is 3.53. The maximum absolute atomic E-state index is 12.0. The molecule has 2 aromatic carbocycles. The predicted octanol–water partition coefficient (Wildman–Crippen LogP) is 2.90. The second-order valence-electron chi connectivity index (χ2n) is 5.52. The maximum Gasteiger partial charge on any atom is 0.338 e. The average molecular weight is 356 g/mol. The number of Topliss-reactive ketones (excluding diaryl/α,β-unsaturated/α-hetero) is 1. The van der Waals surface area contributed by atoms with Crippen LogP contribution in [-0.2, 0) is 9.53 Å². The van der Waals surface area contributed by atoms with Gasteiger partial charge in [0.05, 0.1) is 10.5 Å². The van der Waals surface area contributed by atoms with E-state index in [9.17, 15) is 24.5 Å². The zero-order valence-corrected chi connectivity index (χ0v) is 14.1. The summed E-state index contributed by atoms with van der Waals surface area (Å²) in [5, 5.41) is 13.4. The largest absolute Gasteiger partial charge is 0.452 e. The molecule has 0 aliphatic carbocycles. The molecule has 134 valence electrons. The molecule has 1 amide bonds. The van der Waals surface area contributed by atoms with E-state index in [0.717, 1.165) is 6.07 Å². The molecule has 0 aliphatic heterocycles. The minimum absolute atomic E-state index is 0.0197. The van der Waals surface area contributed by atoms with Crippen molar-refractivity contribution in [1.29, 1.82) is 0 Å². The van der Waals surface area contributed by atoms with Crippen LogP contribution in [0.5, 0.6) is 0 Å². The van der Waals surface area contributed by atoms with E-state index in [0.29, 0.717) is 16.8 Å². The molecule has 2 rings (SSSR count). The van der Waals surface area contributed by atoms with Crippen LogP contribution in [0.15, 0.2) is 42.5 Å². The smallest absolute Gasteiger partial charge is 0.338 e. The number of rotatable bonds is 6. The molecule has 0 bridgehead atoms. The first-order chi connectivity index (χ1) is 12.3. The van der Waals surface area contributed by atoms with Gasteiger partial charge in [0.25, 0.3) is 11.6 Å². The highest BCUT2D eigenvalue weighted by atomic mass is 16.6. The van der Waals surface area contributed by atoms with Crippen molar-refractivity contribution < 1.29 is 24.0 Å². The van der Waals surface area contributed by atoms with Crippen molar-refractivity contribution >= 4 is 29.0 Å². The van der Waals surface area contributed by atoms with Crippen molar-refractivity contribution in [3.05, 3.63) is 69.3 Å². The number of anilines is 1. The van der Waals surface area contributed by atoms with Gasteiger partial charge in [0, 0.05) is 22.9 Å². The number of nitro benzene ring substituents is 1. The van der Waals surface area contributed by atoms with Crippen molar-refractivity contribution in [2.24, 2.45) is 0 Å². The Balaban J connectivity index is 1.98. The van der Waals surface area contributed by atoms with Crippen LogP contribution in [0.2, 0.25) is 0 Å². The SMILES string of the molecule is CC(=O)c1cccc(NC(=O)COC(=O)c2ccc(C)c([N+](=O)[O-])c2)c1. The van der Waals surface area contributed by atoms with Gasteiger partial charge in [-0.25, -0.2) is 4.79 Å². The number of hydrogen-bond donors (Lipinski definition) is 1. The molecule has 8 nitrogen and oxygen atoms in total. The number of ketones is 1. The molecule has 8 heteroatoms. The minimum atomic E-state index is -0.847. The Morgan fingerprint density at radius 2 is 1.85 bits per heavy atom. The lowest BCUT2D eigenvalue weighted by molar-refractivity contribution is -0.385. The molecule has 0 aliphatic rings. The summed E-state index contributed by atoms with van der Waals surface area (Å²) in [7, 11) is 0. The van der Waals surface area contributed by atoms with Gasteiger partial charge in [-0.1, -0.05) is 18.2 Å². The highest BCUT2D eigenvalue weighted by molar-refractivity contribution is 5.98. The zero-order chi connectivity index (χ0) is 19.3. The number of benzene rings is 2. The third-order valence-corrected chi connectivity index (χ3v) is 3.53. The number of nitro groups is 1. The molecule has 0 atom stereocenters. The summed E-state index contributed by atoms with van der Waals surface area (Å²) < 4.78 is 4.87. The number of nitrogens with one attached hydrogen (secondary N) is 1. The molecule has 0 saturated carbocycles. The summed E-state index contributed by atoms with van der Waals surface area (Å²) in [6, 6.07) is 10.2. The summed E-state index contributed by atoms with van der Waals surface area (Å²) in [5.74, 6) is -1.59. The monoisotopic (exact) mass is 356 g/mol. The van der Waals surface area contributed by atoms with Gasteiger partial charge in [0.2, 0.25) is 0 Å². The van der Waals surface area contributed by atoms with Crippen LogP contribution in [0.4, 0.5) is 11.4 Å². The van der Waals surface area contributed by atoms with Gasteiger partial charge in [-0.3, -0.25) is 19.7 Å². The first-order valence-electron chi connectivity index (χ1n) is 7.61. The lowest BCUT2D eigenvalue weighted by Crippen LogP contribution is -2.21. The molecule has 0 heterocycles. The van der Waals surface area contributed by atoms with E-state index in [-0.39, 0.29) is 17.0 Å². The van der Waals surface area contributed by atoms with Crippen LogP contribution in [-0.4, -0.2) is 29.2 Å². The fourth-order valence-corrected chi connectivity index (χ4v) is 2.16. The van der Waals surface area contributed by atoms with Crippen LogP contribution in [0.1, 0.15) is 33.2 Å². The number of esters is 1. The molecular formula is C18H16N2O6. The van der Waals surface area contributed by atoms with Crippen LogP contribution < -0.4 is 5.32 Å². The second kappa shape index (κ2) is 8.02. The summed E-state index contributed by atoms with van der Waals surface area (Å²) >= 11 is 0. The fraction of sp³-hybridized carbons (Fsp3) is 0.167. The summed E-state index contributed by atoms with van der Waals surface area (Å²) in [4.78, 5) is 45.5. The van der Waals surface area contributed by atoms with Gasteiger partial charge in [-0.15, -0.1) is 0 Å². The Labute approximate surface area is 148 Å². The number of ether oxygens (including phenoxy) is 1. The zero-order valence-electron chi connectivity index (χ0n) is 14.1. The Morgan fingerprint density at radius 3 is 2.50 bits per heavy atom. The minimum Gasteiger partial charge on any atom is -0.452 e. The van der Waals surface area contributed by atoms with E-state index in [1.165, 1.54) is 25.1 Å². The first-order valence-corrected chi connectivity index (χ1v) is 7.61. The number of hydrogen-bond acceptors (Lipinski definition) is 6. The van der Waals surface area contributed by atoms with Crippen molar-refractivity contribution in [2.45, 2.75) is 13.8 Å². The average Bonchev–Trinajstić information content (AvgIpc) is 2.60. The Hall–Kier alpha value is -3.55. The van der Waals surface area contributed by atoms with Crippen LogP contribution in [0.3, 0.4) is 0 Å². The second-order valence-corrected chi connectivity index (χ2v) is 5.52. The van der Waals surface area contributed by atoms with E-state index in [4.69, 9.17) is 4.74 Å². The molecule has 0 aromatic heterocycles. The van der Waals surface area contributed by atoms with Gasteiger partial charge >= 0.3 is 5.97 Å². The van der Waals surface area contributed by atoms with Gasteiger partial charge in [0.1, 0.15) is 0 Å². The quantitative estimate of drug-likeness (QED) is 0.368. The standard InChI is InChI=1S/C18H16N2O6/c1-11-6-7-14(9-16(11)20(24)25)18(23)26-10-17(22)19-15-5-3-4-13(8-15)12(2)21/h3-9H,10H2,1-2H3,(H,19,22). The van der Waals surface area contributed by atoms with E-state index >= 15 is 0 Å². The molecule has 0 fully saturated rings. The van der Waals surface area contributed by atoms with E-state index < -0.39 is 23.4 Å². The molecule has 1 N–H and O–H groups in total. The summed E-state index contributed by atoms with van der Waals surface area (Å²) in [5.41, 5.74) is 1.02. The van der Waals surface area contributed by atoms with Gasteiger partial charge in [-0.2, -0.15) is 0 Å². The molecule has 26 heavy (non-hydrogen) atoms. The van der Waals surface area contributed by atoms with Crippen molar-refractivity contribution in [1.82, 2.24) is 0 Å². The fourth-order valence-electron chi connectivity index (χ4n) is 2.16. The van der Waals surface area contributed by atoms with Crippen molar-refractivity contribution in [3.8, 4) is 0 Å². The highest BCUT2D eigenvalue weighted by Crippen LogP contribution is 2.19. The number of amides is 1. The van der Waals surface area contributed by atoms with E-state index in [1.807, 2.05) is 0 Å². The lowest BCUT2D eigenvalue weighted by Gasteiger charge is -2.08. The number of carbonyl (C=O) groups excluding carboxylic acids is 3. The molecular weight excluding hydrogens is 340 g/mol. The van der Waals surface area contributed by atoms with Crippen LogP contribution in [0, 0.1) is 17.0 Å². The topological polar surface area (TPSA) is 116 Å². The number of carbonyl (C=O) groups is 3. The number of nitrogens with zero attached hydrogens (tertiary/aromatic N) is 1. The summed E-state index contributed by atoms with van der Waals surface area (Å²) in [6.45, 7) is 2.39. The Bertz CT molecular complexity index is 891. The lowest BCUT2D eigenvalue weighted by atomic mass is 10.1. The third kappa shape index (κ3) is 4.73. The highest BCUT2D eigenvalue weighted by Gasteiger charge is 2.17. The molecule has 0 radical (unpaired) electrons. The van der Waals surface area contributed by atoms with Crippen molar-refractivity contribution in [3.63, 3.8) is 0 Å². The normalized spacial score (nSPS) is 10.1. The van der Waals surface area contributed by atoms with Gasteiger partial charge < -0.3 is 10.1 Å². The summed E-state index contributed by atoms with van der Waals surface area (Å²) in [6.07, 6.45) is 0. The van der Waals surface area contributed by atoms with Gasteiger partial charge in [0.15, 0.2) is 12.4 Å².